The summed E-state index contributed by atoms with van der Waals surface area (Å²) < 4.78 is 5.27. The summed E-state index contributed by atoms with van der Waals surface area (Å²) in [6.45, 7) is 8.18. The molecule has 0 aliphatic carbocycles. The van der Waals surface area contributed by atoms with Gasteiger partial charge in [0.15, 0.2) is 0 Å². The molecule has 0 radical (unpaired) electrons. The van der Waals surface area contributed by atoms with Crippen LogP contribution in [0.1, 0.15) is 53.4 Å². The van der Waals surface area contributed by atoms with Crippen LogP contribution in [0, 0.1) is 0 Å². The Labute approximate surface area is 87.3 Å². The minimum Gasteiger partial charge on any atom is -0.459 e. The molecule has 0 aliphatic rings. The van der Waals surface area contributed by atoms with Crippen molar-refractivity contribution >= 4 is 5.97 Å². The molecule has 0 saturated carbocycles. The molecule has 0 amide bonds. The molecule has 0 bridgehead atoms. The standard InChI is InChI=1S/C12H22O2/c1-5-10(6-2)9-12(13)14-11(7-3)8-4/h9,11H,5-8H2,1-4H3. The normalized spacial score (nSPS) is 10.1. The molecule has 2 heteroatoms. The average molecular weight is 198 g/mol. The fourth-order valence-electron chi connectivity index (χ4n) is 1.27. The number of allylic oxidation sites excluding steroid dienone is 1. The summed E-state index contributed by atoms with van der Waals surface area (Å²) in [6.07, 6.45) is 5.35. The molecular formula is C12H22O2. The van der Waals surface area contributed by atoms with Crippen molar-refractivity contribution < 1.29 is 9.53 Å². The van der Waals surface area contributed by atoms with Gasteiger partial charge in [-0.1, -0.05) is 33.3 Å². The highest BCUT2D eigenvalue weighted by Gasteiger charge is 2.08. The minimum atomic E-state index is -0.183. The number of esters is 1. The molecule has 0 atom stereocenters. The average Bonchev–Trinajstić information content (AvgIpc) is 2.22. The van der Waals surface area contributed by atoms with Gasteiger partial charge < -0.3 is 4.74 Å². The van der Waals surface area contributed by atoms with Gasteiger partial charge in [-0.2, -0.15) is 0 Å². The van der Waals surface area contributed by atoms with Crippen molar-refractivity contribution in [3.8, 4) is 0 Å². The van der Waals surface area contributed by atoms with Crippen molar-refractivity contribution in [1.29, 1.82) is 0 Å². The van der Waals surface area contributed by atoms with Gasteiger partial charge in [0, 0.05) is 6.08 Å². The highest BCUT2D eigenvalue weighted by molar-refractivity contribution is 5.82. The highest BCUT2D eigenvalue weighted by atomic mass is 16.5. The van der Waals surface area contributed by atoms with Crippen LogP contribution in [0.2, 0.25) is 0 Å². The second kappa shape index (κ2) is 7.60. The van der Waals surface area contributed by atoms with Crippen LogP contribution in [0.3, 0.4) is 0 Å². The lowest BCUT2D eigenvalue weighted by Gasteiger charge is -2.12. The lowest BCUT2D eigenvalue weighted by atomic mass is 10.1. The zero-order valence-electron chi connectivity index (χ0n) is 9.80. The first-order valence-electron chi connectivity index (χ1n) is 5.57. The molecule has 0 aromatic carbocycles. The molecule has 0 aliphatic heterocycles. The summed E-state index contributed by atoms with van der Waals surface area (Å²) in [5.74, 6) is -0.183. The monoisotopic (exact) mass is 198 g/mol. The topological polar surface area (TPSA) is 26.3 Å². The summed E-state index contributed by atoms with van der Waals surface area (Å²) in [6, 6.07) is 0. The third kappa shape index (κ3) is 5.05. The van der Waals surface area contributed by atoms with Crippen molar-refractivity contribution in [2.45, 2.75) is 59.5 Å². The van der Waals surface area contributed by atoms with Crippen LogP contribution >= 0.6 is 0 Å². The van der Waals surface area contributed by atoms with Gasteiger partial charge in [0.25, 0.3) is 0 Å². The van der Waals surface area contributed by atoms with Crippen LogP contribution in [0.15, 0.2) is 11.6 Å². The molecule has 0 heterocycles. The van der Waals surface area contributed by atoms with E-state index < -0.39 is 0 Å². The number of hydrogen-bond acceptors (Lipinski definition) is 2. The third-order valence-electron chi connectivity index (χ3n) is 2.42. The lowest BCUT2D eigenvalue weighted by Crippen LogP contribution is -2.15. The molecular weight excluding hydrogens is 176 g/mol. The summed E-state index contributed by atoms with van der Waals surface area (Å²) in [4.78, 5) is 11.4. The minimum absolute atomic E-state index is 0.0775. The second-order valence-corrected chi connectivity index (χ2v) is 3.39. The third-order valence-corrected chi connectivity index (χ3v) is 2.42. The Balaban J connectivity index is 4.13. The van der Waals surface area contributed by atoms with E-state index in [0.29, 0.717) is 0 Å². The molecule has 0 saturated heterocycles. The smallest absolute Gasteiger partial charge is 0.330 e. The maximum Gasteiger partial charge on any atom is 0.330 e. The van der Waals surface area contributed by atoms with E-state index in [1.807, 2.05) is 13.8 Å². The van der Waals surface area contributed by atoms with E-state index in [-0.39, 0.29) is 12.1 Å². The first-order valence-corrected chi connectivity index (χ1v) is 5.57. The highest BCUT2D eigenvalue weighted by Crippen LogP contribution is 2.08. The summed E-state index contributed by atoms with van der Waals surface area (Å²) in [5, 5.41) is 0. The van der Waals surface area contributed by atoms with Crippen molar-refractivity contribution in [3.05, 3.63) is 11.6 Å². The number of ether oxygens (including phenoxy) is 1. The van der Waals surface area contributed by atoms with Crippen molar-refractivity contribution in [3.63, 3.8) is 0 Å². The van der Waals surface area contributed by atoms with Crippen LogP contribution in [-0.2, 0) is 9.53 Å². The van der Waals surface area contributed by atoms with E-state index in [2.05, 4.69) is 13.8 Å². The fraction of sp³-hybridized carbons (Fsp3) is 0.750. The Morgan fingerprint density at radius 3 is 2.00 bits per heavy atom. The molecule has 0 N–H and O–H groups in total. The molecule has 0 fully saturated rings. The van der Waals surface area contributed by atoms with Crippen LogP contribution < -0.4 is 0 Å². The van der Waals surface area contributed by atoms with Gasteiger partial charge in [-0.3, -0.25) is 0 Å². The predicted molar refractivity (Wildman–Crippen MR) is 59.1 cm³/mol. The van der Waals surface area contributed by atoms with Gasteiger partial charge in [0.05, 0.1) is 0 Å². The van der Waals surface area contributed by atoms with E-state index in [9.17, 15) is 4.79 Å². The Hall–Kier alpha value is -0.790. The van der Waals surface area contributed by atoms with Crippen LogP contribution in [-0.4, -0.2) is 12.1 Å². The zero-order valence-corrected chi connectivity index (χ0v) is 9.80. The van der Waals surface area contributed by atoms with Gasteiger partial charge in [-0.05, 0) is 25.7 Å². The second-order valence-electron chi connectivity index (χ2n) is 3.39. The Morgan fingerprint density at radius 1 is 1.14 bits per heavy atom. The lowest BCUT2D eigenvalue weighted by molar-refractivity contribution is -0.143. The fourth-order valence-corrected chi connectivity index (χ4v) is 1.27. The summed E-state index contributed by atoms with van der Waals surface area (Å²) in [7, 11) is 0. The molecule has 2 nitrogen and oxygen atoms in total. The zero-order chi connectivity index (χ0) is 11.0. The number of rotatable bonds is 6. The Bertz CT molecular complexity index is 184. The van der Waals surface area contributed by atoms with E-state index in [1.165, 1.54) is 0 Å². The van der Waals surface area contributed by atoms with Gasteiger partial charge >= 0.3 is 5.97 Å². The van der Waals surface area contributed by atoms with Crippen LogP contribution in [0.5, 0.6) is 0 Å². The van der Waals surface area contributed by atoms with Gasteiger partial charge in [-0.15, -0.1) is 0 Å². The predicted octanol–water partition coefficient (Wildman–Crippen LogP) is 3.46. The molecule has 82 valence electrons. The SMILES string of the molecule is CCC(=CC(=O)OC(CC)CC)CC. The maximum absolute atomic E-state index is 11.4. The quantitative estimate of drug-likeness (QED) is 0.482. The number of carbonyl (C=O) groups excluding carboxylic acids is 1. The van der Waals surface area contributed by atoms with E-state index in [4.69, 9.17) is 4.74 Å². The van der Waals surface area contributed by atoms with Crippen molar-refractivity contribution in [2.75, 3.05) is 0 Å². The summed E-state index contributed by atoms with van der Waals surface area (Å²) >= 11 is 0. The molecule has 0 rings (SSSR count). The van der Waals surface area contributed by atoms with E-state index in [1.54, 1.807) is 6.08 Å². The van der Waals surface area contributed by atoms with Gasteiger partial charge in [0.2, 0.25) is 0 Å². The number of carbonyl (C=O) groups is 1. The van der Waals surface area contributed by atoms with Crippen molar-refractivity contribution in [2.24, 2.45) is 0 Å². The largest absolute Gasteiger partial charge is 0.459 e. The first kappa shape index (κ1) is 13.2. The van der Waals surface area contributed by atoms with Crippen LogP contribution in [0.25, 0.3) is 0 Å². The molecule has 14 heavy (non-hydrogen) atoms. The van der Waals surface area contributed by atoms with Gasteiger partial charge in [-0.25, -0.2) is 4.79 Å². The Kier molecular flexibility index (Phi) is 7.17. The van der Waals surface area contributed by atoms with Crippen molar-refractivity contribution in [1.82, 2.24) is 0 Å². The molecule has 0 aromatic rings. The maximum atomic E-state index is 11.4. The molecule has 0 aromatic heterocycles. The molecule has 0 spiro atoms. The molecule has 0 unspecified atom stereocenters. The first-order chi connectivity index (χ1) is 6.67. The van der Waals surface area contributed by atoms with Crippen LogP contribution in [0.4, 0.5) is 0 Å². The van der Waals surface area contributed by atoms with E-state index >= 15 is 0 Å². The summed E-state index contributed by atoms with van der Waals surface area (Å²) in [5.41, 5.74) is 1.15. The number of hydrogen-bond donors (Lipinski definition) is 0. The van der Waals surface area contributed by atoms with Gasteiger partial charge in [0.1, 0.15) is 6.10 Å². The Morgan fingerprint density at radius 2 is 1.64 bits per heavy atom. The van der Waals surface area contributed by atoms with E-state index in [0.717, 1.165) is 31.3 Å².